The van der Waals surface area contributed by atoms with E-state index in [0.29, 0.717) is 158 Å². The maximum absolute atomic E-state index is 5.46. The molecule has 2 atom stereocenters. The number of aryl methyl sites for hydroxylation is 2. The predicted molar refractivity (Wildman–Crippen MR) is 194 cm³/mol. The Hall–Kier alpha value is -2.22. The summed E-state index contributed by atoms with van der Waals surface area (Å²) >= 11 is 0. The fourth-order valence-corrected chi connectivity index (χ4v) is 4.24. The third kappa shape index (κ3) is 30.8. The molecule has 2 aliphatic heterocycles. The Balaban J connectivity index is 0.000000446. The van der Waals surface area contributed by atoms with Crippen LogP contribution < -0.4 is 0 Å². The van der Waals surface area contributed by atoms with E-state index < -0.39 is 0 Å². The van der Waals surface area contributed by atoms with Gasteiger partial charge in [0, 0.05) is 24.8 Å². The van der Waals surface area contributed by atoms with Crippen LogP contribution in [0.4, 0.5) is 0 Å². The summed E-state index contributed by atoms with van der Waals surface area (Å²) in [7, 11) is 0. The second-order valence-electron chi connectivity index (χ2n) is 11.8. The molecule has 0 spiro atoms. The lowest BCUT2D eigenvalue weighted by Gasteiger charge is -2.09. The highest BCUT2D eigenvalue weighted by molar-refractivity contribution is 5.15. The number of pyridine rings is 2. The van der Waals surface area contributed by atoms with Crippen LogP contribution in [0.25, 0.3) is 0 Å². The van der Waals surface area contributed by atoms with Gasteiger partial charge in [0.2, 0.25) is 0 Å². The highest BCUT2D eigenvalue weighted by atomic mass is 16.6. The second-order valence-corrected chi connectivity index (χ2v) is 11.8. The van der Waals surface area contributed by atoms with Crippen molar-refractivity contribution in [2.45, 2.75) is 25.0 Å². The van der Waals surface area contributed by atoms with Gasteiger partial charge >= 0.3 is 0 Å². The molecule has 0 aromatic carbocycles. The SMILES string of the molecule is C(COCCOCCOCCOCCOCC1CO1)OCCOCCOCCOCCOCCOCC1CO1.c1cc(CCc2ccncc2)ccn1. The minimum atomic E-state index is 0.299. The number of nitrogens with zero attached hydrogens (tertiary/aromatic N) is 2. The van der Waals surface area contributed by atoms with Crippen LogP contribution in [0.2, 0.25) is 0 Å². The van der Waals surface area contributed by atoms with Gasteiger partial charge in [-0.25, -0.2) is 0 Å². The summed E-state index contributed by atoms with van der Waals surface area (Å²) in [5.41, 5.74) is 2.66. The van der Waals surface area contributed by atoms with Crippen molar-refractivity contribution in [3.63, 3.8) is 0 Å². The molecule has 2 unspecified atom stereocenters. The minimum Gasteiger partial charge on any atom is -0.377 e. The summed E-state index contributed by atoms with van der Waals surface area (Å²) in [6.07, 6.45) is 10.1. The van der Waals surface area contributed by atoms with Gasteiger partial charge in [-0.2, -0.15) is 0 Å². The van der Waals surface area contributed by atoms with Gasteiger partial charge in [0.15, 0.2) is 0 Å². The average molecular weight is 755 g/mol. The number of aromatic nitrogens is 2. The highest BCUT2D eigenvalue weighted by Crippen LogP contribution is 2.09. The maximum atomic E-state index is 5.46. The first-order chi connectivity index (χ1) is 26.4. The molecule has 0 radical (unpaired) electrons. The summed E-state index contributed by atoms with van der Waals surface area (Å²) in [5, 5.41) is 0. The third-order valence-corrected chi connectivity index (χ3v) is 7.33. The average Bonchev–Trinajstić information content (AvgIpc) is 4.14. The Bertz CT molecular complexity index is 958. The summed E-state index contributed by atoms with van der Waals surface area (Å²) in [6.45, 7) is 13.7. The molecule has 15 nitrogen and oxygen atoms in total. The van der Waals surface area contributed by atoms with Gasteiger partial charge in [-0.1, -0.05) is 0 Å². The molecule has 2 aromatic heterocycles. The first kappa shape index (κ1) is 45.2. The van der Waals surface area contributed by atoms with E-state index in [-0.39, 0.29) is 0 Å². The Morgan fingerprint density at radius 1 is 0.358 bits per heavy atom. The zero-order valence-corrected chi connectivity index (χ0v) is 31.4. The van der Waals surface area contributed by atoms with Crippen LogP contribution in [-0.4, -0.2) is 181 Å². The van der Waals surface area contributed by atoms with Gasteiger partial charge in [-0.15, -0.1) is 0 Å². The van der Waals surface area contributed by atoms with Crippen molar-refractivity contribution in [2.24, 2.45) is 0 Å². The van der Waals surface area contributed by atoms with Crippen LogP contribution in [0.15, 0.2) is 49.1 Å². The minimum absolute atomic E-state index is 0.299. The van der Waals surface area contributed by atoms with Crippen molar-refractivity contribution in [3.05, 3.63) is 60.2 Å². The lowest BCUT2D eigenvalue weighted by molar-refractivity contribution is -0.0277. The van der Waals surface area contributed by atoms with Crippen molar-refractivity contribution < 1.29 is 61.6 Å². The number of rotatable bonds is 37. The molecule has 2 fully saturated rings. The van der Waals surface area contributed by atoms with Gasteiger partial charge in [0.25, 0.3) is 0 Å². The third-order valence-electron chi connectivity index (χ3n) is 7.33. The fourth-order valence-electron chi connectivity index (χ4n) is 4.24. The molecular formula is C38H62N2O13. The van der Waals surface area contributed by atoms with Crippen molar-refractivity contribution in [1.29, 1.82) is 0 Å². The number of hydrogen-bond acceptors (Lipinski definition) is 15. The smallest absolute Gasteiger partial charge is 0.104 e. The highest BCUT2D eigenvalue weighted by Gasteiger charge is 2.22. The summed E-state index contributed by atoms with van der Waals surface area (Å²) in [6, 6.07) is 8.23. The van der Waals surface area contributed by atoms with E-state index in [1.165, 1.54) is 11.1 Å². The number of hydrogen-bond donors (Lipinski definition) is 0. The quantitative estimate of drug-likeness (QED) is 0.0732. The van der Waals surface area contributed by atoms with Crippen LogP contribution in [0, 0.1) is 0 Å². The molecule has 15 heteroatoms. The summed E-state index contributed by atoms with van der Waals surface area (Å²) in [5.74, 6) is 0. The van der Waals surface area contributed by atoms with E-state index in [1.807, 2.05) is 24.8 Å². The monoisotopic (exact) mass is 754 g/mol. The Labute approximate surface area is 315 Å². The zero-order valence-electron chi connectivity index (χ0n) is 31.4. The van der Waals surface area contributed by atoms with Crippen LogP contribution in [0.5, 0.6) is 0 Å². The normalized spacial score (nSPS) is 16.0. The van der Waals surface area contributed by atoms with Crippen molar-refractivity contribution in [1.82, 2.24) is 9.97 Å². The van der Waals surface area contributed by atoms with Crippen LogP contribution in [0.1, 0.15) is 11.1 Å². The lowest BCUT2D eigenvalue weighted by atomic mass is 10.1. The van der Waals surface area contributed by atoms with E-state index in [4.69, 9.17) is 61.6 Å². The molecule has 0 saturated carbocycles. The molecule has 2 aromatic rings. The molecular weight excluding hydrogens is 692 g/mol. The van der Waals surface area contributed by atoms with E-state index in [9.17, 15) is 0 Å². The Morgan fingerprint density at radius 3 is 0.774 bits per heavy atom. The number of ether oxygens (including phenoxy) is 13. The summed E-state index contributed by atoms with van der Waals surface area (Å²) in [4.78, 5) is 7.98. The first-order valence-corrected chi connectivity index (χ1v) is 18.8. The van der Waals surface area contributed by atoms with Gasteiger partial charge in [0.1, 0.15) is 12.2 Å². The lowest BCUT2D eigenvalue weighted by Crippen LogP contribution is -2.15. The van der Waals surface area contributed by atoms with Gasteiger partial charge in [-0.05, 0) is 48.2 Å². The van der Waals surface area contributed by atoms with Crippen molar-refractivity contribution in [2.75, 3.05) is 159 Å². The van der Waals surface area contributed by atoms with E-state index in [0.717, 1.165) is 26.1 Å². The molecule has 0 aliphatic carbocycles. The largest absolute Gasteiger partial charge is 0.377 e. The number of epoxide rings is 2. The van der Waals surface area contributed by atoms with E-state index in [1.54, 1.807) is 0 Å². The van der Waals surface area contributed by atoms with Crippen LogP contribution in [0.3, 0.4) is 0 Å². The van der Waals surface area contributed by atoms with Gasteiger partial charge in [-0.3, -0.25) is 9.97 Å². The van der Waals surface area contributed by atoms with Gasteiger partial charge < -0.3 is 61.6 Å². The standard InChI is InChI=1S/C26H50O13.C12H12N2/c1(3-28-5-7-30-9-11-32-13-15-34-17-19-36-21-25-23-38-25)27-2-4-29-6-8-31-10-12-33-14-16-35-18-20-37-22-26-24-39-26;1(11-3-7-13-8-4-11)2-12-5-9-14-10-6-12/h25-26H,1-24H2;3-10H,1-2H2. The molecule has 4 rings (SSSR count). The maximum Gasteiger partial charge on any atom is 0.104 e. The zero-order chi connectivity index (χ0) is 37.0. The molecule has 302 valence electrons. The van der Waals surface area contributed by atoms with Gasteiger partial charge in [0.05, 0.1) is 159 Å². The molecule has 53 heavy (non-hydrogen) atoms. The second kappa shape index (κ2) is 34.3. The fraction of sp³-hybridized carbons (Fsp3) is 0.737. The molecule has 0 amide bonds. The van der Waals surface area contributed by atoms with Crippen molar-refractivity contribution >= 4 is 0 Å². The van der Waals surface area contributed by atoms with E-state index in [2.05, 4.69) is 34.2 Å². The molecule has 0 N–H and O–H groups in total. The molecule has 4 heterocycles. The van der Waals surface area contributed by atoms with Crippen LogP contribution >= 0.6 is 0 Å². The van der Waals surface area contributed by atoms with E-state index >= 15 is 0 Å². The Kier molecular flexibility index (Phi) is 29.2. The molecule has 0 bridgehead atoms. The summed E-state index contributed by atoms with van der Waals surface area (Å²) < 4.78 is 69.8. The van der Waals surface area contributed by atoms with Crippen LogP contribution in [-0.2, 0) is 74.4 Å². The van der Waals surface area contributed by atoms with Crippen molar-refractivity contribution in [3.8, 4) is 0 Å². The Morgan fingerprint density at radius 2 is 0.566 bits per heavy atom. The molecule has 2 saturated heterocycles. The topological polar surface area (TPSA) is 152 Å². The molecule has 2 aliphatic rings. The predicted octanol–water partition coefficient (Wildman–Crippen LogP) is 2.23. The first-order valence-electron chi connectivity index (χ1n) is 18.8.